The van der Waals surface area contributed by atoms with E-state index in [-0.39, 0.29) is 23.3 Å². The van der Waals surface area contributed by atoms with Crippen LogP contribution in [0.5, 0.6) is 5.75 Å². The van der Waals surface area contributed by atoms with Gasteiger partial charge in [0, 0.05) is 43.5 Å². The van der Waals surface area contributed by atoms with Gasteiger partial charge in [-0.15, -0.1) is 0 Å². The molecule has 2 aromatic rings. The summed E-state index contributed by atoms with van der Waals surface area (Å²) in [6, 6.07) is 6.74. The van der Waals surface area contributed by atoms with Crippen LogP contribution in [0.25, 0.3) is 0 Å². The number of amides is 1. The quantitative estimate of drug-likeness (QED) is 0.727. The third kappa shape index (κ3) is 3.58. The molecule has 1 aromatic carbocycles. The van der Waals surface area contributed by atoms with Crippen LogP contribution in [0.4, 0.5) is 16.0 Å². The average molecular weight is 466 g/mol. The molecule has 4 saturated carbocycles. The molecule has 4 bridgehead atoms. The van der Waals surface area contributed by atoms with Gasteiger partial charge in [0.05, 0.1) is 12.8 Å². The summed E-state index contributed by atoms with van der Waals surface area (Å²) < 4.78 is 19.7. The summed E-state index contributed by atoms with van der Waals surface area (Å²) in [6.45, 7) is 4.00. The van der Waals surface area contributed by atoms with Crippen molar-refractivity contribution < 1.29 is 13.9 Å². The number of nitrogens with zero attached hydrogens (tertiary/aromatic N) is 4. The number of aromatic nitrogens is 2. The maximum atomic E-state index is 14.6. The Morgan fingerprint density at radius 1 is 1.18 bits per heavy atom. The number of hydrogen-bond acceptors (Lipinski definition) is 6. The van der Waals surface area contributed by atoms with Gasteiger partial charge in [0.1, 0.15) is 17.3 Å². The van der Waals surface area contributed by atoms with Crippen LogP contribution in [-0.2, 0) is 0 Å². The Morgan fingerprint density at radius 3 is 2.68 bits per heavy atom. The molecule has 1 amide bonds. The molecule has 180 valence electrons. The molecule has 34 heavy (non-hydrogen) atoms. The summed E-state index contributed by atoms with van der Waals surface area (Å²) in [7, 11) is 1.53. The molecule has 0 radical (unpaired) electrons. The Morgan fingerprint density at radius 2 is 1.97 bits per heavy atom. The largest absolute Gasteiger partial charge is 0.497 e. The van der Waals surface area contributed by atoms with Crippen molar-refractivity contribution in [3.05, 3.63) is 42.0 Å². The first-order valence-electron chi connectivity index (χ1n) is 12.4. The molecule has 8 heteroatoms. The number of halogens is 1. The monoisotopic (exact) mass is 465 g/mol. The van der Waals surface area contributed by atoms with E-state index >= 15 is 0 Å². The normalized spacial score (nSPS) is 31.7. The Balaban J connectivity index is 1.15. The fourth-order valence-corrected chi connectivity index (χ4v) is 7.25. The number of hydrogen-bond donors (Lipinski definition) is 1. The van der Waals surface area contributed by atoms with Crippen molar-refractivity contribution in [1.29, 1.82) is 0 Å². The Hall–Kier alpha value is -2.90. The van der Waals surface area contributed by atoms with E-state index in [0.717, 1.165) is 24.7 Å². The van der Waals surface area contributed by atoms with E-state index in [2.05, 4.69) is 27.1 Å². The Labute approximate surface area is 199 Å². The predicted molar refractivity (Wildman–Crippen MR) is 128 cm³/mol. The summed E-state index contributed by atoms with van der Waals surface area (Å²) in [6.07, 6.45) is 7.80. The topological polar surface area (TPSA) is 70.6 Å². The molecule has 1 saturated heterocycles. The van der Waals surface area contributed by atoms with Crippen LogP contribution in [0.2, 0.25) is 0 Å². The number of carbonyl (C=O) groups excluding carboxylic acids is 1. The Bertz CT molecular complexity index is 1100. The zero-order valence-electron chi connectivity index (χ0n) is 19.8. The van der Waals surface area contributed by atoms with E-state index in [0.29, 0.717) is 48.6 Å². The lowest BCUT2D eigenvalue weighted by Crippen LogP contribution is -2.53. The predicted octanol–water partition coefficient (Wildman–Crippen LogP) is 3.65. The molecule has 5 fully saturated rings. The van der Waals surface area contributed by atoms with Crippen LogP contribution >= 0.6 is 0 Å². The minimum absolute atomic E-state index is 0.0167. The highest BCUT2D eigenvalue weighted by Gasteiger charge is 2.58. The first-order valence-corrected chi connectivity index (χ1v) is 12.4. The SMILES string of the molecule is COc1ccc(N2CCN(c3nccc(C(=O)NC45CC6CC(CC4C6)C5)n3)[C@H](C)C2)c(F)c1. The van der Waals surface area contributed by atoms with Crippen LogP contribution in [0.3, 0.4) is 0 Å². The summed E-state index contributed by atoms with van der Waals surface area (Å²) >= 11 is 0. The number of anilines is 2. The van der Waals surface area contributed by atoms with Gasteiger partial charge in [0.2, 0.25) is 5.95 Å². The average Bonchev–Trinajstić information content (AvgIpc) is 3.21. The molecule has 7 rings (SSSR count). The molecule has 1 aliphatic heterocycles. The molecule has 1 aromatic heterocycles. The van der Waals surface area contributed by atoms with E-state index in [1.165, 1.54) is 32.4 Å². The van der Waals surface area contributed by atoms with Gasteiger partial charge in [-0.2, -0.15) is 0 Å². The maximum Gasteiger partial charge on any atom is 0.270 e. The number of piperazine rings is 1. The zero-order chi connectivity index (χ0) is 23.4. The van der Waals surface area contributed by atoms with Crippen molar-refractivity contribution in [2.24, 2.45) is 17.8 Å². The highest BCUT2D eigenvalue weighted by Crippen LogP contribution is 2.60. The number of methoxy groups -OCH3 is 1. The van der Waals surface area contributed by atoms with Crippen molar-refractivity contribution in [2.75, 3.05) is 36.5 Å². The van der Waals surface area contributed by atoms with E-state index in [1.54, 1.807) is 24.4 Å². The lowest BCUT2D eigenvalue weighted by molar-refractivity contribution is 0.0869. The van der Waals surface area contributed by atoms with Crippen LogP contribution in [0, 0.1) is 23.6 Å². The van der Waals surface area contributed by atoms with Gasteiger partial charge in [-0.05, 0) is 75.0 Å². The second-order valence-corrected chi connectivity index (χ2v) is 10.7. The molecule has 4 aliphatic carbocycles. The van der Waals surface area contributed by atoms with Crippen LogP contribution in [-0.4, -0.2) is 54.2 Å². The van der Waals surface area contributed by atoms with E-state index in [9.17, 15) is 9.18 Å². The third-order valence-corrected chi connectivity index (χ3v) is 8.61. The lowest BCUT2D eigenvalue weighted by atomic mass is 9.80. The molecule has 1 N–H and O–H groups in total. The molecular weight excluding hydrogens is 433 g/mol. The molecular formula is C26H32FN5O2. The molecule has 2 heterocycles. The standard InChI is InChI=1S/C26H32FN5O2/c1-16-15-31(23-4-3-20(34-2)12-21(23)27)7-8-32(16)25-28-6-5-22(29-25)24(33)30-26-13-17-9-18(14-26)11-19(26)10-17/h3-6,12,16-19H,7-11,13-15H2,1-2H3,(H,30,33)/t16-,17?,18?,19?,26?/m1/s1. The van der Waals surface area contributed by atoms with Crippen molar-refractivity contribution in [1.82, 2.24) is 15.3 Å². The summed E-state index contributed by atoms with van der Waals surface area (Å²) in [4.78, 5) is 26.5. The van der Waals surface area contributed by atoms with Gasteiger partial charge in [-0.25, -0.2) is 14.4 Å². The fraction of sp³-hybridized carbons (Fsp3) is 0.577. The van der Waals surface area contributed by atoms with Gasteiger partial charge >= 0.3 is 0 Å². The summed E-state index contributed by atoms with van der Waals surface area (Å²) in [5.41, 5.74) is 0.986. The van der Waals surface area contributed by atoms with Gasteiger partial charge in [0.25, 0.3) is 5.91 Å². The first-order chi connectivity index (χ1) is 16.4. The molecule has 3 atom stereocenters. The summed E-state index contributed by atoms with van der Waals surface area (Å²) in [5, 5.41) is 3.41. The third-order valence-electron chi connectivity index (χ3n) is 8.61. The van der Waals surface area contributed by atoms with E-state index in [1.807, 2.05) is 4.90 Å². The second-order valence-electron chi connectivity index (χ2n) is 10.7. The minimum atomic E-state index is -0.288. The van der Waals surface area contributed by atoms with E-state index < -0.39 is 0 Å². The van der Waals surface area contributed by atoms with Gasteiger partial charge in [-0.1, -0.05) is 0 Å². The van der Waals surface area contributed by atoms with E-state index in [4.69, 9.17) is 4.74 Å². The van der Waals surface area contributed by atoms with Crippen molar-refractivity contribution >= 4 is 17.5 Å². The number of benzene rings is 1. The molecule has 7 nitrogen and oxygen atoms in total. The van der Waals surface area contributed by atoms with Crippen molar-refractivity contribution in [3.63, 3.8) is 0 Å². The van der Waals surface area contributed by atoms with Gasteiger partial charge in [0.15, 0.2) is 0 Å². The lowest BCUT2D eigenvalue weighted by Gasteiger charge is -2.41. The highest BCUT2D eigenvalue weighted by atomic mass is 19.1. The number of nitrogens with one attached hydrogen (secondary N) is 1. The fourth-order valence-electron chi connectivity index (χ4n) is 7.25. The number of carbonyl (C=O) groups is 1. The Kier molecular flexibility index (Phi) is 5.15. The second kappa shape index (κ2) is 8.10. The van der Waals surface area contributed by atoms with Crippen LogP contribution in [0.15, 0.2) is 30.5 Å². The minimum Gasteiger partial charge on any atom is -0.497 e. The van der Waals surface area contributed by atoms with Gasteiger partial charge in [-0.3, -0.25) is 4.79 Å². The first kappa shape index (κ1) is 21.6. The highest BCUT2D eigenvalue weighted by molar-refractivity contribution is 5.93. The van der Waals surface area contributed by atoms with Crippen LogP contribution in [0.1, 0.15) is 49.5 Å². The zero-order valence-corrected chi connectivity index (χ0v) is 19.8. The van der Waals surface area contributed by atoms with Crippen molar-refractivity contribution in [2.45, 2.75) is 50.6 Å². The molecule has 0 spiro atoms. The number of ether oxygens (including phenoxy) is 1. The maximum absolute atomic E-state index is 14.6. The smallest absolute Gasteiger partial charge is 0.270 e. The molecule has 5 aliphatic rings. The number of rotatable bonds is 5. The summed E-state index contributed by atoms with van der Waals surface area (Å²) in [5.74, 6) is 2.90. The van der Waals surface area contributed by atoms with Crippen LogP contribution < -0.4 is 19.9 Å². The van der Waals surface area contributed by atoms with Crippen molar-refractivity contribution in [3.8, 4) is 5.75 Å². The molecule has 2 unspecified atom stereocenters. The van der Waals surface area contributed by atoms with Gasteiger partial charge < -0.3 is 19.9 Å².